The summed E-state index contributed by atoms with van der Waals surface area (Å²) in [6, 6.07) is 9.90. The summed E-state index contributed by atoms with van der Waals surface area (Å²) in [4.78, 5) is 28.7. The number of benzene rings is 1. The molecule has 2 aromatic rings. The molecule has 0 unspecified atom stereocenters. The largest absolute Gasteiger partial charge is 0.337 e. The molecule has 4 nitrogen and oxygen atoms in total. The third-order valence-electron chi connectivity index (χ3n) is 3.87. The Balaban J connectivity index is 1.66. The Hall–Kier alpha value is -2.21. The van der Waals surface area contributed by atoms with Gasteiger partial charge < -0.3 is 9.80 Å². The minimum absolute atomic E-state index is 0.00394. The summed E-state index contributed by atoms with van der Waals surface area (Å²) in [5.41, 5.74) is 0.761. The molecule has 1 aliphatic heterocycles. The van der Waals surface area contributed by atoms with Crippen LogP contribution in [-0.2, 0) is 11.3 Å². The zero-order chi connectivity index (χ0) is 16.2. The van der Waals surface area contributed by atoms with Crippen LogP contribution in [0.4, 0.5) is 4.39 Å². The first-order chi connectivity index (χ1) is 11.1. The Labute approximate surface area is 138 Å². The topological polar surface area (TPSA) is 40.6 Å². The maximum atomic E-state index is 13.3. The number of carbonyl (C=O) groups is 2. The highest BCUT2D eigenvalue weighted by Gasteiger charge is 2.24. The lowest BCUT2D eigenvalue weighted by molar-refractivity contribution is -0.130. The second-order valence-corrected chi connectivity index (χ2v) is 6.41. The van der Waals surface area contributed by atoms with E-state index < -0.39 is 0 Å². The Bertz CT molecular complexity index is 702. The van der Waals surface area contributed by atoms with E-state index in [-0.39, 0.29) is 17.6 Å². The van der Waals surface area contributed by atoms with E-state index in [1.54, 1.807) is 28.0 Å². The van der Waals surface area contributed by atoms with Gasteiger partial charge in [0.25, 0.3) is 5.91 Å². The number of carbonyl (C=O) groups excluding carboxylic acids is 2. The van der Waals surface area contributed by atoms with Crippen molar-refractivity contribution in [1.29, 1.82) is 0 Å². The molecule has 1 aromatic carbocycles. The van der Waals surface area contributed by atoms with Crippen LogP contribution in [0.2, 0.25) is 0 Å². The lowest BCUT2D eigenvalue weighted by atomic mass is 10.2. The SMILES string of the molecule is O=C1CCN(C(=O)c2cccs2)CCN1Cc1cccc(F)c1. The third-order valence-corrected chi connectivity index (χ3v) is 4.73. The quantitative estimate of drug-likeness (QED) is 0.867. The van der Waals surface area contributed by atoms with Crippen LogP contribution in [0.25, 0.3) is 0 Å². The van der Waals surface area contributed by atoms with E-state index >= 15 is 0 Å². The minimum Gasteiger partial charge on any atom is -0.337 e. The fourth-order valence-corrected chi connectivity index (χ4v) is 3.34. The predicted octanol–water partition coefficient (Wildman–Crippen LogP) is 2.76. The molecule has 2 amide bonds. The highest BCUT2D eigenvalue weighted by molar-refractivity contribution is 7.12. The normalized spacial score (nSPS) is 15.6. The van der Waals surface area contributed by atoms with Crippen LogP contribution in [-0.4, -0.2) is 41.2 Å². The van der Waals surface area contributed by atoms with Crippen LogP contribution < -0.4 is 0 Å². The average molecular weight is 332 g/mol. The molecule has 0 N–H and O–H groups in total. The number of halogens is 1. The van der Waals surface area contributed by atoms with Crippen LogP contribution in [0, 0.1) is 5.82 Å². The van der Waals surface area contributed by atoms with Crippen molar-refractivity contribution >= 4 is 23.2 Å². The molecule has 0 aliphatic carbocycles. The third kappa shape index (κ3) is 3.76. The van der Waals surface area contributed by atoms with Crippen LogP contribution in [0.5, 0.6) is 0 Å². The molecule has 0 bridgehead atoms. The second kappa shape index (κ2) is 6.91. The van der Waals surface area contributed by atoms with Crippen molar-refractivity contribution in [2.24, 2.45) is 0 Å². The predicted molar refractivity (Wildman–Crippen MR) is 86.7 cm³/mol. The maximum Gasteiger partial charge on any atom is 0.263 e. The molecule has 23 heavy (non-hydrogen) atoms. The highest BCUT2D eigenvalue weighted by atomic mass is 32.1. The Kier molecular flexibility index (Phi) is 4.71. The van der Waals surface area contributed by atoms with Gasteiger partial charge in [0.05, 0.1) is 4.88 Å². The van der Waals surface area contributed by atoms with Crippen LogP contribution in [0.1, 0.15) is 21.7 Å². The average Bonchev–Trinajstić information content (AvgIpc) is 3.01. The molecule has 0 saturated carbocycles. The number of nitrogens with zero attached hydrogens (tertiary/aromatic N) is 2. The fourth-order valence-electron chi connectivity index (χ4n) is 2.65. The first kappa shape index (κ1) is 15.7. The summed E-state index contributed by atoms with van der Waals surface area (Å²) in [6.07, 6.45) is 0.298. The van der Waals surface area contributed by atoms with E-state index in [2.05, 4.69) is 0 Å². The zero-order valence-corrected chi connectivity index (χ0v) is 13.4. The van der Waals surface area contributed by atoms with Gasteiger partial charge >= 0.3 is 0 Å². The second-order valence-electron chi connectivity index (χ2n) is 5.46. The number of amides is 2. The molecular weight excluding hydrogens is 315 g/mol. The molecule has 3 rings (SSSR count). The Morgan fingerprint density at radius 1 is 1.17 bits per heavy atom. The van der Waals surface area contributed by atoms with Gasteiger partial charge in [0.2, 0.25) is 5.91 Å². The van der Waals surface area contributed by atoms with E-state index in [9.17, 15) is 14.0 Å². The molecule has 1 fully saturated rings. The van der Waals surface area contributed by atoms with Gasteiger partial charge in [-0.15, -0.1) is 11.3 Å². The van der Waals surface area contributed by atoms with Gasteiger partial charge in [0.1, 0.15) is 5.82 Å². The monoisotopic (exact) mass is 332 g/mol. The van der Waals surface area contributed by atoms with Crippen LogP contribution in [0.3, 0.4) is 0 Å². The summed E-state index contributed by atoms with van der Waals surface area (Å²) < 4.78 is 13.3. The van der Waals surface area contributed by atoms with Crippen molar-refractivity contribution in [3.8, 4) is 0 Å². The zero-order valence-electron chi connectivity index (χ0n) is 12.6. The maximum absolute atomic E-state index is 13.3. The van der Waals surface area contributed by atoms with Gasteiger partial charge in [0, 0.05) is 32.6 Å². The molecule has 6 heteroatoms. The fraction of sp³-hybridized carbons (Fsp3) is 0.294. The first-order valence-electron chi connectivity index (χ1n) is 7.48. The highest BCUT2D eigenvalue weighted by Crippen LogP contribution is 2.16. The number of hydrogen-bond donors (Lipinski definition) is 0. The van der Waals surface area contributed by atoms with Crippen molar-refractivity contribution in [3.63, 3.8) is 0 Å². The van der Waals surface area contributed by atoms with Crippen LogP contribution in [0.15, 0.2) is 41.8 Å². The molecule has 2 heterocycles. The van der Waals surface area contributed by atoms with Crippen molar-refractivity contribution < 1.29 is 14.0 Å². The Morgan fingerprint density at radius 2 is 2.04 bits per heavy atom. The van der Waals surface area contributed by atoms with Crippen molar-refractivity contribution in [3.05, 3.63) is 58.0 Å². The van der Waals surface area contributed by atoms with Gasteiger partial charge in [-0.1, -0.05) is 18.2 Å². The van der Waals surface area contributed by atoms with Crippen LogP contribution >= 0.6 is 11.3 Å². The molecule has 1 saturated heterocycles. The smallest absolute Gasteiger partial charge is 0.263 e. The van der Waals surface area contributed by atoms with Crippen molar-refractivity contribution in [2.45, 2.75) is 13.0 Å². The Morgan fingerprint density at radius 3 is 2.78 bits per heavy atom. The number of rotatable bonds is 3. The molecule has 1 aliphatic rings. The van der Waals surface area contributed by atoms with Gasteiger partial charge in [-0.05, 0) is 29.1 Å². The molecule has 0 atom stereocenters. The summed E-state index contributed by atoms with van der Waals surface area (Å²) in [5, 5.41) is 1.87. The lowest BCUT2D eigenvalue weighted by Crippen LogP contribution is -2.35. The summed E-state index contributed by atoms with van der Waals surface area (Å²) in [6.45, 7) is 1.76. The number of hydrogen-bond acceptors (Lipinski definition) is 3. The van der Waals surface area contributed by atoms with Gasteiger partial charge in [-0.25, -0.2) is 4.39 Å². The van der Waals surface area contributed by atoms with Crippen molar-refractivity contribution in [2.75, 3.05) is 19.6 Å². The van der Waals surface area contributed by atoms with E-state index in [1.165, 1.54) is 23.5 Å². The van der Waals surface area contributed by atoms with Crippen molar-refractivity contribution in [1.82, 2.24) is 9.80 Å². The summed E-state index contributed by atoms with van der Waals surface area (Å²) in [5.74, 6) is -0.338. The minimum atomic E-state index is -0.306. The first-order valence-corrected chi connectivity index (χ1v) is 8.36. The van der Waals surface area contributed by atoms with E-state index in [4.69, 9.17) is 0 Å². The van der Waals surface area contributed by atoms with Gasteiger partial charge in [0.15, 0.2) is 0 Å². The van der Waals surface area contributed by atoms with E-state index in [0.29, 0.717) is 37.5 Å². The molecule has 0 spiro atoms. The van der Waals surface area contributed by atoms with E-state index in [0.717, 1.165) is 5.56 Å². The summed E-state index contributed by atoms with van der Waals surface area (Å²) >= 11 is 1.41. The van der Waals surface area contributed by atoms with Gasteiger partial charge in [-0.2, -0.15) is 0 Å². The number of thiophene rings is 1. The molecular formula is C17H17FN2O2S. The van der Waals surface area contributed by atoms with Gasteiger partial charge in [-0.3, -0.25) is 9.59 Å². The summed E-state index contributed by atoms with van der Waals surface area (Å²) in [7, 11) is 0. The van der Waals surface area contributed by atoms with E-state index in [1.807, 2.05) is 11.4 Å². The molecule has 0 radical (unpaired) electrons. The lowest BCUT2D eigenvalue weighted by Gasteiger charge is -2.22. The molecule has 120 valence electrons. The standard InChI is InChI=1S/C17H17FN2O2S/c18-14-4-1-3-13(11-14)12-20-9-8-19(7-6-16(20)21)17(22)15-5-2-10-23-15/h1-5,10-11H,6-9,12H2. The molecule has 1 aromatic heterocycles.